The molecule has 0 spiro atoms. The van der Waals surface area contributed by atoms with Crippen molar-refractivity contribution in [2.45, 2.75) is 40.0 Å². The van der Waals surface area contributed by atoms with Gasteiger partial charge in [0, 0.05) is 18.8 Å². The quantitative estimate of drug-likeness (QED) is 0.671. The van der Waals surface area contributed by atoms with E-state index in [9.17, 15) is 4.79 Å². The molecule has 112 valence electrons. The minimum atomic E-state index is -0.173. The molecular weight excluding hydrogens is 252 g/mol. The van der Waals surface area contributed by atoms with E-state index < -0.39 is 0 Å². The number of aryl methyl sites for hydroxylation is 1. The van der Waals surface area contributed by atoms with Crippen LogP contribution in [0.4, 0.5) is 10.5 Å². The van der Waals surface area contributed by atoms with E-state index in [1.54, 1.807) is 0 Å². The average Bonchev–Trinajstić information content (AvgIpc) is 2.44. The molecule has 4 heteroatoms. The van der Waals surface area contributed by atoms with Crippen LogP contribution in [0.2, 0.25) is 0 Å². The highest BCUT2D eigenvalue weighted by molar-refractivity contribution is 5.90. The molecular formula is C16H26N2O2. The molecule has 0 aliphatic heterocycles. The standard InChI is InChI=1S/C16H26N2O2/c1-4-13-8-5-6-9-14(13)18-15(20)17-11-7-10-16(2,3)12-19/h5-6,8-9,19H,4,7,10-12H2,1-3H3,(H2,17,18,20). The van der Waals surface area contributed by atoms with Crippen molar-refractivity contribution < 1.29 is 9.90 Å². The molecule has 1 aromatic carbocycles. The molecule has 0 saturated carbocycles. The van der Waals surface area contributed by atoms with E-state index in [1.807, 2.05) is 38.1 Å². The molecule has 0 unspecified atom stereocenters. The lowest BCUT2D eigenvalue weighted by molar-refractivity contribution is 0.148. The zero-order valence-electron chi connectivity index (χ0n) is 12.7. The van der Waals surface area contributed by atoms with Gasteiger partial charge in [-0.05, 0) is 36.3 Å². The van der Waals surface area contributed by atoms with Crippen LogP contribution in [0, 0.1) is 5.41 Å². The summed E-state index contributed by atoms with van der Waals surface area (Å²) in [5.74, 6) is 0. The first-order chi connectivity index (χ1) is 9.48. The highest BCUT2D eigenvalue weighted by Gasteiger charge is 2.15. The molecule has 20 heavy (non-hydrogen) atoms. The van der Waals surface area contributed by atoms with E-state index in [2.05, 4.69) is 17.6 Å². The van der Waals surface area contributed by atoms with Crippen molar-refractivity contribution in [3.63, 3.8) is 0 Å². The summed E-state index contributed by atoms with van der Waals surface area (Å²) in [6.45, 7) is 6.89. The van der Waals surface area contributed by atoms with Gasteiger partial charge in [0.1, 0.15) is 0 Å². The Morgan fingerprint density at radius 3 is 2.65 bits per heavy atom. The summed E-state index contributed by atoms with van der Waals surface area (Å²) in [6, 6.07) is 7.64. The number of benzene rings is 1. The smallest absolute Gasteiger partial charge is 0.319 e. The number of rotatable bonds is 7. The lowest BCUT2D eigenvalue weighted by atomic mass is 9.89. The largest absolute Gasteiger partial charge is 0.396 e. The number of anilines is 1. The van der Waals surface area contributed by atoms with Crippen molar-refractivity contribution in [1.82, 2.24) is 5.32 Å². The first-order valence-corrected chi connectivity index (χ1v) is 7.22. The Morgan fingerprint density at radius 2 is 2.00 bits per heavy atom. The second-order valence-corrected chi connectivity index (χ2v) is 5.82. The van der Waals surface area contributed by atoms with E-state index in [0.29, 0.717) is 6.54 Å². The molecule has 0 aliphatic rings. The molecule has 0 saturated heterocycles. The van der Waals surface area contributed by atoms with Crippen LogP contribution in [0.3, 0.4) is 0 Å². The van der Waals surface area contributed by atoms with Crippen molar-refractivity contribution in [3.05, 3.63) is 29.8 Å². The number of aliphatic hydroxyl groups excluding tert-OH is 1. The maximum absolute atomic E-state index is 11.8. The number of hydrogen-bond acceptors (Lipinski definition) is 2. The first kappa shape index (κ1) is 16.5. The second kappa shape index (κ2) is 7.90. The highest BCUT2D eigenvalue weighted by Crippen LogP contribution is 2.20. The Morgan fingerprint density at radius 1 is 1.30 bits per heavy atom. The molecule has 0 fully saturated rings. The molecule has 1 aromatic rings. The van der Waals surface area contributed by atoms with E-state index in [4.69, 9.17) is 5.11 Å². The average molecular weight is 278 g/mol. The monoisotopic (exact) mass is 278 g/mol. The summed E-state index contributed by atoms with van der Waals surface area (Å²) >= 11 is 0. The molecule has 0 atom stereocenters. The molecule has 4 nitrogen and oxygen atoms in total. The number of carbonyl (C=O) groups is 1. The van der Waals surface area contributed by atoms with Gasteiger partial charge in [-0.15, -0.1) is 0 Å². The van der Waals surface area contributed by atoms with Gasteiger partial charge in [0.15, 0.2) is 0 Å². The van der Waals surface area contributed by atoms with Crippen molar-refractivity contribution in [1.29, 1.82) is 0 Å². The lowest BCUT2D eigenvalue weighted by Crippen LogP contribution is -2.30. The van der Waals surface area contributed by atoms with Crippen molar-refractivity contribution in [3.8, 4) is 0 Å². The maximum atomic E-state index is 11.8. The third-order valence-electron chi connectivity index (χ3n) is 3.39. The van der Waals surface area contributed by atoms with Crippen LogP contribution >= 0.6 is 0 Å². The highest BCUT2D eigenvalue weighted by atomic mass is 16.3. The predicted octanol–water partition coefficient (Wildman–Crippen LogP) is 3.17. The topological polar surface area (TPSA) is 61.4 Å². The van der Waals surface area contributed by atoms with Crippen molar-refractivity contribution in [2.75, 3.05) is 18.5 Å². The van der Waals surface area contributed by atoms with Gasteiger partial charge in [0.2, 0.25) is 0 Å². The van der Waals surface area contributed by atoms with Crippen LogP contribution in [-0.2, 0) is 6.42 Å². The van der Waals surface area contributed by atoms with Gasteiger partial charge in [-0.1, -0.05) is 39.0 Å². The van der Waals surface area contributed by atoms with Gasteiger partial charge in [-0.25, -0.2) is 4.79 Å². The normalized spacial score (nSPS) is 11.2. The number of amides is 2. The minimum absolute atomic E-state index is 0.0764. The first-order valence-electron chi connectivity index (χ1n) is 7.22. The van der Waals surface area contributed by atoms with Gasteiger partial charge in [-0.3, -0.25) is 0 Å². The number of aliphatic hydroxyl groups is 1. The molecule has 0 aromatic heterocycles. The molecule has 0 aliphatic carbocycles. The summed E-state index contributed by atoms with van der Waals surface area (Å²) in [5, 5.41) is 14.9. The Kier molecular flexibility index (Phi) is 6.52. The summed E-state index contributed by atoms with van der Waals surface area (Å²) in [5.41, 5.74) is 1.92. The van der Waals surface area contributed by atoms with Gasteiger partial charge < -0.3 is 15.7 Å². The maximum Gasteiger partial charge on any atom is 0.319 e. The third kappa shape index (κ3) is 5.61. The summed E-state index contributed by atoms with van der Waals surface area (Å²) < 4.78 is 0. The van der Waals surface area contributed by atoms with Crippen molar-refractivity contribution >= 4 is 11.7 Å². The zero-order valence-corrected chi connectivity index (χ0v) is 12.7. The van der Waals surface area contributed by atoms with E-state index >= 15 is 0 Å². The minimum Gasteiger partial charge on any atom is -0.396 e. The van der Waals surface area contributed by atoms with Crippen LogP contribution in [0.5, 0.6) is 0 Å². The van der Waals surface area contributed by atoms with Crippen molar-refractivity contribution in [2.24, 2.45) is 5.41 Å². The number of carbonyl (C=O) groups excluding carboxylic acids is 1. The third-order valence-corrected chi connectivity index (χ3v) is 3.39. The van der Waals surface area contributed by atoms with Crippen LogP contribution in [0.1, 0.15) is 39.2 Å². The molecule has 0 heterocycles. The van der Waals surface area contributed by atoms with Gasteiger partial charge in [0.05, 0.1) is 0 Å². The fourth-order valence-corrected chi connectivity index (χ4v) is 1.96. The molecule has 1 rings (SSSR count). The zero-order chi connectivity index (χ0) is 15.0. The van der Waals surface area contributed by atoms with E-state index in [0.717, 1.165) is 30.5 Å². The Hall–Kier alpha value is -1.55. The molecule has 3 N–H and O–H groups in total. The van der Waals surface area contributed by atoms with Gasteiger partial charge in [0.25, 0.3) is 0 Å². The number of para-hydroxylation sites is 1. The lowest BCUT2D eigenvalue weighted by Gasteiger charge is -2.21. The van der Waals surface area contributed by atoms with Gasteiger partial charge in [-0.2, -0.15) is 0 Å². The number of hydrogen-bond donors (Lipinski definition) is 3. The summed E-state index contributed by atoms with van der Waals surface area (Å²) in [7, 11) is 0. The van der Waals surface area contributed by atoms with Crippen LogP contribution in [-0.4, -0.2) is 24.3 Å². The summed E-state index contributed by atoms with van der Waals surface area (Å²) in [4.78, 5) is 11.8. The molecule has 2 amide bonds. The SMILES string of the molecule is CCc1ccccc1NC(=O)NCCCC(C)(C)CO. The number of nitrogens with one attached hydrogen (secondary N) is 2. The Balaban J connectivity index is 2.34. The van der Waals surface area contributed by atoms with E-state index in [-0.39, 0.29) is 18.1 Å². The molecule has 0 radical (unpaired) electrons. The second-order valence-electron chi connectivity index (χ2n) is 5.82. The molecule has 0 bridgehead atoms. The van der Waals surface area contributed by atoms with Gasteiger partial charge >= 0.3 is 6.03 Å². The van der Waals surface area contributed by atoms with Crippen LogP contribution in [0.25, 0.3) is 0 Å². The fourth-order valence-electron chi connectivity index (χ4n) is 1.96. The number of urea groups is 1. The van der Waals surface area contributed by atoms with Crippen LogP contribution < -0.4 is 10.6 Å². The Labute approximate surface area is 121 Å². The van der Waals surface area contributed by atoms with Crippen LogP contribution in [0.15, 0.2) is 24.3 Å². The van der Waals surface area contributed by atoms with E-state index in [1.165, 1.54) is 0 Å². The summed E-state index contributed by atoms with van der Waals surface area (Å²) in [6.07, 6.45) is 2.63. The predicted molar refractivity (Wildman–Crippen MR) is 82.9 cm³/mol. The fraction of sp³-hybridized carbons (Fsp3) is 0.562. The Bertz CT molecular complexity index is 430.